The lowest BCUT2D eigenvalue weighted by Crippen LogP contribution is -2.51. The van der Waals surface area contributed by atoms with Crippen LogP contribution in [0, 0.1) is 27.7 Å². The number of ether oxygens (including phenoxy) is 1. The van der Waals surface area contributed by atoms with E-state index in [4.69, 9.17) is 4.74 Å². The van der Waals surface area contributed by atoms with Crippen LogP contribution in [0.1, 0.15) is 73.9 Å². The van der Waals surface area contributed by atoms with Crippen molar-refractivity contribution in [2.24, 2.45) is 0 Å². The van der Waals surface area contributed by atoms with Crippen LogP contribution >= 0.6 is 0 Å². The van der Waals surface area contributed by atoms with Gasteiger partial charge in [-0.3, -0.25) is 4.79 Å². The van der Waals surface area contributed by atoms with Crippen molar-refractivity contribution in [3.05, 3.63) is 51.6 Å². The van der Waals surface area contributed by atoms with Crippen LogP contribution in [0.4, 0.5) is 5.69 Å². The second kappa shape index (κ2) is 8.44. The first-order chi connectivity index (χ1) is 15.9. The Balaban J connectivity index is 1.42. The minimum absolute atomic E-state index is 0.0178. The van der Waals surface area contributed by atoms with Crippen LogP contribution in [-0.4, -0.2) is 40.0 Å². The Labute approximate surface area is 203 Å². The van der Waals surface area contributed by atoms with Crippen LogP contribution in [0.2, 0.25) is 0 Å². The fraction of sp³-hybridized carbons (Fsp3) is 0.517. The van der Waals surface area contributed by atoms with Gasteiger partial charge in [-0.25, -0.2) is 0 Å². The second-order valence-electron chi connectivity index (χ2n) is 10.9. The molecule has 0 saturated carbocycles. The Morgan fingerprint density at radius 3 is 2.50 bits per heavy atom. The second-order valence-corrected chi connectivity index (χ2v) is 10.9. The van der Waals surface area contributed by atoms with Crippen LogP contribution < -0.4 is 10.1 Å². The van der Waals surface area contributed by atoms with E-state index in [0.29, 0.717) is 25.1 Å². The minimum atomic E-state index is -0.907. The molecule has 5 heteroatoms. The van der Waals surface area contributed by atoms with E-state index in [2.05, 4.69) is 55.8 Å². The Morgan fingerprint density at radius 1 is 1.09 bits per heavy atom. The Morgan fingerprint density at radius 2 is 1.79 bits per heavy atom. The lowest BCUT2D eigenvalue weighted by Gasteiger charge is -2.36. The van der Waals surface area contributed by atoms with Gasteiger partial charge in [0.25, 0.3) is 5.91 Å². The van der Waals surface area contributed by atoms with E-state index < -0.39 is 5.60 Å². The van der Waals surface area contributed by atoms with Gasteiger partial charge >= 0.3 is 0 Å². The predicted molar refractivity (Wildman–Crippen MR) is 137 cm³/mol. The van der Waals surface area contributed by atoms with Crippen LogP contribution in [0.15, 0.2) is 18.2 Å². The maximum atomic E-state index is 13.2. The van der Waals surface area contributed by atoms with E-state index in [1.165, 1.54) is 22.5 Å². The zero-order valence-corrected chi connectivity index (χ0v) is 22.0. The van der Waals surface area contributed by atoms with Gasteiger partial charge in [-0.15, -0.1) is 0 Å². The zero-order chi connectivity index (χ0) is 25.0. The van der Waals surface area contributed by atoms with Gasteiger partial charge in [0.1, 0.15) is 11.5 Å². The number of phenols is 1. The molecule has 2 heterocycles. The van der Waals surface area contributed by atoms with Crippen molar-refractivity contribution in [3.63, 3.8) is 0 Å². The summed E-state index contributed by atoms with van der Waals surface area (Å²) in [4.78, 5) is 13.2. The van der Waals surface area contributed by atoms with Crippen molar-refractivity contribution < 1.29 is 19.2 Å². The lowest BCUT2D eigenvalue weighted by atomic mass is 9.82. The number of aryl methyl sites for hydroxylation is 1. The first-order valence-electron chi connectivity index (χ1n) is 12.4. The molecule has 0 radical (unpaired) electrons. The van der Waals surface area contributed by atoms with E-state index in [9.17, 15) is 9.90 Å². The molecule has 1 atom stereocenters. The highest BCUT2D eigenvalue weighted by molar-refractivity contribution is 5.93. The van der Waals surface area contributed by atoms with Gasteiger partial charge < -0.3 is 15.2 Å². The molecule has 1 unspecified atom stereocenters. The summed E-state index contributed by atoms with van der Waals surface area (Å²) in [5.41, 5.74) is 8.00. The van der Waals surface area contributed by atoms with Gasteiger partial charge in [0.05, 0.1) is 5.41 Å². The number of carbonyl (C=O) groups excluding carboxylic acids is 1. The molecule has 2 aliphatic heterocycles. The lowest BCUT2D eigenvalue weighted by molar-refractivity contribution is -0.439. The van der Waals surface area contributed by atoms with Crippen LogP contribution in [-0.2, 0) is 16.6 Å². The third kappa shape index (κ3) is 3.79. The molecule has 34 heavy (non-hydrogen) atoms. The fourth-order valence-corrected chi connectivity index (χ4v) is 5.42. The van der Waals surface area contributed by atoms with E-state index in [-0.39, 0.29) is 11.3 Å². The SMILES string of the molecule is CC1=[N+](CCCNC(=O)C2(C)CCc3c(C)c(O)c(C)c(C)c3O2)c2ccc(C)cc2C1(C)C. The number of nitrogens with zero attached hydrogens (tertiary/aromatic N) is 1. The standard InChI is InChI=1S/C29H38N2O3/c1-17-10-11-24-23(16-17)28(6,7)21(5)31(24)15-9-14-30-27(33)29(8)13-12-22-20(4)25(32)18(2)19(3)26(22)34-29/h10-11,16H,9,12-15H2,1-8H3,(H-,30,32,33)/p+1. The molecule has 0 spiro atoms. The summed E-state index contributed by atoms with van der Waals surface area (Å²) in [6, 6.07) is 6.69. The number of rotatable bonds is 5. The van der Waals surface area contributed by atoms with Crippen molar-refractivity contribution >= 4 is 17.3 Å². The van der Waals surface area contributed by atoms with E-state index in [1.807, 2.05) is 27.7 Å². The topological polar surface area (TPSA) is 61.6 Å². The van der Waals surface area contributed by atoms with Gasteiger partial charge in [0.2, 0.25) is 5.69 Å². The molecule has 0 bridgehead atoms. The van der Waals surface area contributed by atoms with Crippen molar-refractivity contribution in [1.82, 2.24) is 5.32 Å². The molecule has 182 valence electrons. The molecule has 0 aromatic heterocycles. The smallest absolute Gasteiger partial charge is 0.263 e. The number of amides is 1. The van der Waals surface area contributed by atoms with Gasteiger partial charge in [-0.1, -0.05) is 11.6 Å². The van der Waals surface area contributed by atoms with Crippen molar-refractivity contribution in [1.29, 1.82) is 0 Å². The number of aromatic hydroxyl groups is 1. The van der Waals surface area contributed by atoms with Gasteiger partial charge in [-0.2, -0.15) is 4.58 Å². The van der Waals surface area contributed by atoms with E-state index >= 15 is 0 Å². The Bertz CT molecular complexity index is 1210. The normalized spacial score (nSPS) is 20.6. The molecular formula is C29H39N2O3+. The van der Waals surface area contributed by atoms with Gasteiger partial charge in [-0.05, 0) is 77.6 Å². The van der Waals surface area contributed by atoms with Gasteiger partial charge in [0, 0.05) is 43.5 Å². The average Bonchev–Trinajstić information content (AvgIpc) is 2.98. The monoisotopic (exact) mass is 463 g/mol. The zero-order valence-electron chi connectivity index (χ0n) is 22.0. The molecule has 0 fully saturated rings. The minimum Gasteiger partial charge on any atom is -0.507 e. The van der Waals surface area contributed by atoms with E-state index in [1.54, 1.807) is 0 Å². The van der Waals surface area contributed by atoms with Crippen molar-refractivity contribution in [2.45, 2.75) is 85.7 Å². The first kappa shape index (κ1) is 24.3. The molecule has 1 amide bonds. The average molecular weight is 464 g/mol. The number of carbonyl (C=O) groups is 1. The summed E-state index contributed by atoms with van der Waals surface area (Å²) >= 11 is 0. The summed E-state index contributed by atoms with van der Waals surface area (Å²) < 4.78 is 8.72. The Kier molecular flexibility index (Phi) is 6.03. The van der Waals surface area contributed by atoms with Crippen LogP contribution in [0.5, 0.6) is 11.5 Å². The molecule has 5 nitrogen and oxygen atoms in total. The molecule has 0 aliphatic carbocycles. The van der Waals surface area contributed by atoms with Crippen molar-refractivity contribution in [2.75, 3.05) is 13.1 Å². The quantitative estimate of drug-likeness (QED) is 0.466. The third-order valence-electron chi connectivity index (χ3n) is 8.27. The molecular weight excluding hydrogens is 424 g/mol. The van der Waals surface area contributed by atoms with Gasteiger partial charge in [0.15, 0.2) is 17.9 Å². The molecule has 2 aliphatic rings. The number of benzene rings is 2. The highest BCUT2D eigenvalue weighted by atomic mass is 16.5. The van der Waals surface area contributed by atoms with Crippen LogP contribution in [0.3, 0.4) is 0 Å². The summed E-state index contributed by atoms with van der Waals surface area (Å²) in [6.45, 7) is 18.0. The number of hydrogen-bond donors (Lipinski definition) is 2. The summed E-state index contributed by atoms with van der Waals surface area (Å²) in [6.07, 6.45) is 2.16. The first-order valence-corrected chi connectivity index (χ1v) is 12.4. The van der Waals surface area contributed by atoms with Crippen molar-refractivity contribution in [3.8, 4) is 11.5 Å². The maximum Gasteiger partial charge on any atom is 0.263 e. The molecule has 2 aromatic rings. The largest absolute Gasteiger partial charge is 0.507 e. The van der Waals surface area contributed by atoms with Crippen LogP contribution in [0.25, 0.3) is 0 Å². The molecule has 4 rings (SSSR count). The highest BCUT2D eigenvalue weighted by Gasteiger charge is 2.43. The predicted octanol–water partition coefficient (Wildman–Crippen LogP) is 5.31. The fourth-order valence-electron chi connectivity index (χ4n) is 5.42. The number of phenolic OH excluding ortho intramolecular Hbond substituents is 1. The van der Waals surface area contributed by atoms with E-state index in [0.717, 1.165) is 41.0 Å². The number of fused-ring (bicyclic) bond motifs is 2. The summed E-state index contributed by atoms with van der Waals surface area (Å²) in [7, 11) is 0. The third-order valence-corrected chi connectivity index (χ3v) is 8.27. The number of nitrogens with one attached hydrogen (secondary N) is 1. The Hall–Kier alpha value is -2.82. The number of hydrogen-bond acceptors (Lipinski definition) is 3. The molecule has 2 aromatic carbocycles. The maximum absolute atomic E-state index is 13.2. The molecule has 2 N–H and O–H groups in total. The highest BCUT2D eigenvalue weighted by Crippen LogP contribution is 2.43. The molecule has 0 saturated heterocycles. The summed E-state index contributed by atoms with van der Waals surface area (Å²) in [5, 5.41) is 13.5. The summed E-state index contributed by atoms with van der Waals surface area (Å²) in [5.74, 6) is 1.02.